The molecule has 1 aromatic carbocycles. The largest absolute Gasteiger partial charge is 0.462 e. The minimum Gasteiger partial charge on any atom is -0.462 e. The summed E-state index contributed by atoms with van der Waals surface area (Å²) in [5.74, 6) is 0.595. The fourth-order valence-corrected chi connectivity index (χ4v) is 2.77. The molecule has 106 valence electrons. The Morgan fingerprint density at radius 3 is 2.76 bits per heavy atom. The molecule has 0 fully saturated rings. The van der Waals surface area contributed by atoms with Crippen molar-refractivity contribution in [3.05, 3.63) is 65.4 Å². The van der Waals surface area contributed by atoms with Gasteiger partial charge >= 0.3 is 0 Å². The molecule has 0 aliphatic carbocycles. The second kappa shape index (κ2) is 5.93. The number of furan rings is 1. The average Bonchev–Trinajstić information content (AvgIpc) is 3.18. The van der Waals surface area contributed by atoms with Gasteiger partial charge < -0.3 is 9.32 Å². The standard InChI is InChI=1S/C16H14N2O2S/c1-18(10-12-6-3-2-4-7-12)16(19)13-11-21-15(17-13)14-8-5-9-20-14/h2-9,11H,10H2,1H3. The number of rotatable bonds is 4. The maximum atomic E-state index is 12.4. The first-order valence-electron chi connectivity index (χ1n) is 6.53. The van der Waals surface area contributed by atoms with Crippen LogP contribution in [0.15, 0.2) is 58.5 Å². The number of carbonyl (C=O) groups excluding carboxylic acids is 1. The van der Waals surface area contributed by atoms with Crippen molar-refractivity contribution in [3.8, 4) is 10.8 Å². The molecule has 0 radical (unpaired) electrons. The number of nitrogens with zero attached hydrogens (tertiary/aromatic N) is 2. The number of thiazole rings is 1. The zero-order valence-electron chi connectivity index (χ0n) is 11.5. The molecule has 0 saturated heterocycles. The highest BCUT2D eigenvalue weighted by Crippen LogP contribution is 2.24. The molecule has 2 aromatic heterocycles. The predicted molar refractivity (Wildman–Crippen MR) is 82.1 cm³/mol. The van der Waals surface area contributed by atoms with Crippen LogP contribution in [0.1, 0.15) is 16.1 Å². The molecular formula is C16H14N2O2S. The third-order valence-corrected chi connectivity index (χ3v) is 3.92. The zero-order valence-corrected chi connectivity index (χ0v) is 12.3. The molecule has 2 heterocycles. The molecule has 5 heteroatoms. The lowest BCUT2D eigenvalue weighted by atomic mass is 10.2. The van der Waals surface area contributed by atoms with E-state index >= 15 is 0 Å². The first-order chi connectivity index (χ1) is 10.2. The van der Waals surface area contributed by atoms with Crippen LogP contribution < -0.4 is 0 Å². The summed E-state index contributed by atoms with van der Waals surface area (Å²) in [6.07, 6.45) is 1.60. The van der Waals surface area contributed by atoms with Crippen LogP contribution in [0.25, 0.3) is 10.8 Å². The van der Waals surface area contributed by atoms with E-state index in [1.807, 2.05) is 36.4 Å². The second-order valence-electron chi connectivity index (χ2n) is 4.66. The van der Waals surface area contributed by atoms with Crippen LogP contribution in [0.4, 0.5) is 0 Å². The van der Waals surface area contributed by atoms with Gasteiger partial charge in [-0.05, 0) is 17.7 Å². The van der Waals surface area contributed by atoms with E-state index < -0.39 is 0 Å². The smallest absolute Gasteiger partial charge is 0.273 e. The van der Waals surface area contributed by atoms with Crippen LogP contribution in [0, 0.1) is 0 Å². The summed E-state index contributed by atoms with van der Waals surface area (Å²) in [5, 5.41) is 2.48. The summed E-state index contributed by atoms with van der Waals surface area (Å²) in [4.78, 5) is 18.4. The Labute approximate surface area is 126 Å². The molecule has 0 aliphatic heterocycles. The molecule has 0 bridgehead atoms. The van der Waals surface area contributed by atoms with Gasteiger partial charge in [-0.3, -0.25) is 4.79 Å². The highest BCUT2D eigenvalue weighted by Gasteiger charge is 2.17. The number of hydrogen-bond acceptors (Lipinski definition) is 4. The summed E-state index contributed by atoms with van der Waals surface area (Å²) in [5.41, 5.74) is 1.54. The van der Waals surface area contributed by atoms with Gasteiger partial charge in [0.15, 0.2) is 10.8 Å². The average molecular weight is 298 g/mol. The van der Waals surface area contributed by atoms with Crippen molar-refractivity contribution < 1.29 is 9.21 Å². The van der Waals surface area contributed by atoms with E-state index in [2.05, 4.69) is 4.98 Å². The monoisotopic (exact) mass is 298 g/mol. The molecule has 0 atom stereocenters. The van der Waals surface area contributed by atoms with Crippen LogP contribution in [0.5, 0.6) is 0 Å². The molecule has 21 heavy (non-hydrogen) atoms. The SMILES string of the molecule is CN(Cc1ccccc1)C(=O)c1csc(-c2ccco2)n1. The van der Waals surface area contributed by atoms with Gasteiger partial charge in [0.25, 0.3) is 5.91 Å². The Hall–Kier alpha value is -2.40. The van der Waals surface area contributed by atoms with Crippen molar-refractivity contribution in [2.45, 2.75) is 6.54 Å². The van der Waals surface area contributed by atoms with E-state index in [4.69, 9.17) is 4.42 Å². The minimum atomic E-state index is -0.0899. The van der Waals surface area contributed by atoms with Crippen LogP contribution in [-0.4, -0.2) is 22.8 Å². The molecule has 4 nitrogen and oxygen atoms in total. The fourth-order valence-electron chi connectivity index (χ4n) is 2.01. The Morgan fingerprint density at radius 1 is 1.24 bits per heavy atom. The topological polar surface area (TPSA) is 46.3 Å². The molecule has 1 amide bonds. The van der Waals surface area contributed by atoms with Gasteiger partial charge in [-0.15, -0.1) is 11.3 Å². The normalized spacial score (nSPS) is 10.5. The quantitative estimate of drug-likeness (QED) is 0.738. The van der Waals surface area contributed by atoms with E-state index in [1.165, 1.54) is 11.3 Å². The van der Waals surface area contributed by atoms with E-state index in [9.17, 15) is 4.79 Å². The van der Waals surface area contributed by atoms with E-state index in [0.29, 0.717) is 18.0 Å². The Balaban J connectivity index is 1.73. The Morgan fingerprint density at radius 2 is 2.05 bits per heavy atom. The predicted octanol–water partition coefficient (Wildman–Crippen LogP) is 3.68. The highest BCUT2D eigenvalue weighted by molar-refractivity contribution is 7.13. The fraction of sp³-hybridized carbons (Fsp3) is 0.125. The Bertz CT molecular complexity index is 720. The lowest BCUT2D eigenvalue weighted by molar-refractivity contribution is 0.0780. The van der Waals surface area contributed by atoms with Gasteiger partial charge in [-0.1, -0.05) is 30.3 Å². The summed E-state index contributed by atoms with van der Waals surface area (Å²) >= 11 is 1.41. The summed E-state index contributed by atoms with van der Waals surface area (Å²) < 4.78 is 5.29. The van der Waals surface area contributed by atoms with E-state index in [-0.39, 0.29) is 5.91 Å². The summed E-state index contributed by atoms with van der Waals surface area (Å²) in [6.45, 7) is 0.563. The molecule has 3 rings (SSSR count). The van der Waals surface area contributed by atoms with E-state index in [0.717, 1.165) is 10.6 Å². The van der Waals surface area contributed by atoms with Crippen LogP contribution >= 0.6 is 11.3 Å². The number of amides is 1. The summed E-state index contributed by atoms with van der Waals surface area (Å²) in [7, 11) is 1.78. The maximum Gasteiger partial charge on any atom is 0.273 e. The molecule has 0 spiro atoms. The lowest BCUT2D eigenvalue weighted by Gasteiger charge is -2.15. The number of benzene rings is 1. The van der Waals surface area contributed by atoms with Crippen molar-refractivity contribution >= 4 is 17.2 Å². The molecular weight excluding hydrogens is 284 g/mol. The number of hydrogen-bond donors (Lipinski definition) is 0. The van der Waals surface area contributed by atoms with Gasteiger partial charge in [-0.2, -0.15) is 0 Å². The van der Waals surface area contributed by atoms with Gasteiger partial charge in [0.1, 0.15) is 5.69 Å². The molecule has 3 aromatic rings. The Kier molecular flexibility index (Phi) is 3.83. The molecule has 0 aliphatic rings. The third kappa shape index (κ3) is 3.03. The minimum absolute atomic E-state index is 0.0899. The van der Waals surface area contributed by atoms with Gasteiger partial charge in [-0.25, -0.2) is 4.98 Å². The van der Waals surface area contributed by atoms with Crippen molar-refractivity contribution in [1.82, 2.24) is 9.88 Å². The van der Waals surface area contributed by atoms with Gasteiger partial charge in [0.05, 0.1) is 6.26 Å². The van der Waals surface area contributed by atoms with Crippen LogP contribution in [0.3, 0.4) is 0 Å². The van der Waals surface area contributed by atoms with Crippen molar-refractivity contribution in [3.63, 3.8) is 0 Å². The highest BCUT2D eigenvalue weighted by atomic mass is 32.1. The van der Waals surface area contributed by atoms with Crippen LogP contribution in [-0.2, 0) is 6.54 Å². The third-order valence-electron chi connectivity index (χ3n) is 3.06. The zero-order chi connectivity index (χ0) is 14.7. The van der Waals surface area contributed by atoms with Gasteiger partial charge in [0.2, 0.25) is 0 Å². The van der Waals surface area contributed by atoms with Crippen molar-refractivity contribution in [2.24, 2.45) is 0 Å². The summed E-state index contributed by atoms with van der Waals surface area (Å²) in [6, 6.07) is 13.5. The molecule has 0 N–H and O–H groups in total. The first-order valence-corrected chi connectivity index (χ1v) is 7.41. The first kappa shape index (κ1) is 13.6. The molecule has 0 saturated carbocycles. The molecule has 0 unspecified atom stereocenters. The lowest BCUT2D eigenvalue weighted by Crippen LogP contribution is -2.26. The van der Waals surface area contributed by atoms with Gasteiger partial charge in [0, 0.05) is 19.0 Å². The van der Waals surface area contributed by atoms with Crippen molar-refractivity contribution in [2.75, 3.05) is 7.05 Å². The number of aromatic nitrogens is 1. The van der Waals surface area contributed by atoms with E-state index in [1.54, 1.807) is 29.7 Å². The number of carbonyl (C=O) groups is 1. The second-order valence-corrected chi connectivity index (χ2v) is 5.52. The maximum absolute atomic E-state index is 12.4. The van der Waals surface area contributed by atoms with Crippen molar-refractivity contribution in [1.29, 1.82) is 0 Å². The van der Waals surface area contributed by atoms with Crippen LogP contribution in [0.2, 0.25) is 0 Å².